The number of ketones is 1. The molecule has 2 aliphatic rings. The third kappa shape index (κ3) is 1.57. The Morgan fingerprint density at radius 3 is 2.88 bits per heavy atom. The lowest BCUT2D eigenvalue weighted by molar-refractivity contribution is -0.119. The van der Waals surface area contributed by atoms with Crippen molar-refractivity contribution in [1.82, 2.24) is 0 Å². The van der Waals surface area contributed by atoms with Crippen molar-refractivity contribution >= 4 is 11.5 Å². The van der Waals surface area contributed by atoms with E-state index in [1.165, 1.54) is 11.1 Å². The first-order chi connectivity index (χ1) is 8.16. The van der Waals surface area contributed by atoms with Crippen molar-refractivity contribution in [3.8, 4) is 0 Å². The largest absolute Gasteiger partial charge is 0.391 e. The third-order valence-electron chi connectivity index (χ3n) is 3.78. The molecular weight excluding hydrogens is 214 g/mol. The van der Waals surface area contributed by atoms with Crippen molar-refractivity contribution < 1.29 is 9.63 Å². The van der Waals surface area contributed by atoms with Gasteiger partial charge in [-0.05, 0) is 37.5 Å². The Morgan fingerprint density at radius 2 is 2.12 bits per heavy atom. The molecule has 1 aromatic rings. The number of rotatable bonds is 1. The van der Waals surface area contributed by atoms with Crippen LogP contribution in [0, 0.1) is 19.8 Å². The van der Waals surface area contributed by atoms with E-state index in [1.54, 1.807) is 0 Å². The third-order valence-corrected chi connectivity index (χ3v) is 3.78. The van der Waals surface area contributed by atoms with Gasteiger partial charge in [0.2, 0.25) is 0 Å². The van der Waals surface area contributed by atoms with Gasteiger partial charge in [0.25, 0.3) is 0 Å². The van der Waals surface area contributed by atoms with Crippen LogP contribution in [0.5, 0.6) is 0 Å². The number of hydrogen-bond donors (Lipinski definition) is 0. The molecule has 3 rings (SSSR count). The highest BCUT2D eigenvalue weighted by Gasteiger charge is 2.44. The zero-order valence-electron chi connectivity index (χ0n) is 10.1. The predicted molar refractivity (Wildman–Crippen MR) is 65.1 cm³/mol. The van der Waals surface area contributed by atoms with Gasteiger partial charge in [-0.2, -0.15) is 0 Å². The van der Waals surface area contributed by atoms with Crippen LogP contribution >= 0.6 is 0 Å². The number of carbonyl (C=O) groups excluding carboxylic acids is 1. The lowest BCUT2D eigenvalue weighted by Gasteiger charge is -2.09. The van der Waals surface area contributed by atoms with Gasteiger partial charge in [0, 0.05) is 12.0 Å². The second-order valence-electron chi connectivity index (χ2n) is 4.90. The van der Waals surface area contributed by atoms with Crippen molar-refractivity contribution in [2.24, 2.45) is 11.1 Å². The summed E-state index contributed by atoms with van der Waals surface area (Å²) in [4.78, 5) is 17.2. The van der Waals surface area contributed by atoms with Crippen LogP contribution in [-0.4, -0.2) is 17.6 Å². The molecule has 0 radical (unpaired) electrons. The summed E-state index contributed by atoms with van der Waals surface area (Å²) in [6, 6.07) is 6.18. The van der Waals surface area contributed by atoms with Crippen LogP contribution in [0.25, 0.3) is 0 Å². The number of Topliss-reactive ketones (excluding diaryl/α,β-unsaturated/α-hetero) is 1. The molecule has 0 bridgehead atoms. The van der Waals surface area contributed by atoms with E-state index < -0.39 is 0 Å². The Morgan fingerprint density at radius 1 is 1.29 bits per heavy atom. The van der Waals surface area contributed by atoms with E-state index in [0.717, 1.165) is 17.7 Å². The highest BCUT2D eigenvalue weighted by atomic mass is 16.6. The molecule has 0 aromatic heterocycles. The van der Waals surface area contributed by atoms with Gasteiger partial charge in [-0.25, -0.2) is 0 Å². The summed E-state index contributed by atoms with van der Waals surface area (Å²) in [7, 11) is 0. The molecule has 2 atom stereocenters. The Hall–Kier alpha value is -1.64. The zero-order chi connectivity index (χ0) is 12.0. The highest BCUT2D eigenvalue weighted by Crippen LogP contribution is 2.34. The Bertz CT molecular complexity index is 519. The summed E-state index contributed by atoms with van der Waals surface area (Å²) in [5.41, 5.74) is 4.32. The van der Waals surface area contributed by atoms with E-state index >= 15 is 0 Å². The van der Waals surface area contributed by atoms with Crippen LogP contribution in [0.3, 0.4) is 0 Å². The fourth-order valence-electron chi connectivity index (χ4n) is 2.57. The molecule has 1 aromatic carbocycles. The quantitative estimate of drug-likeness (QED) is 0.741. The molecule has 0 amide bonds. The number of benzene rings is 1. The highest BCUT2D eigenvalue weighted by molar-refractivity contribution is 6.15. The molecule has 1 saturated carbocycles. The average Bonchev–Trinajstić information content (AvgIpc) is 2.86. The van der Waals surface area contributed by atoms with E-state index in [2.05, 4.69) is 31.1 Å². The van der Waals surface area contributed by atoms with Crippen molar-refractivity contribution in [2.45, 2.75) is 32.8 Å². The maximum absolute atomic E-state index is 11.8. The molecule has 3 heteroatoms. The number of hydrogen-bond acceptors (Lipinski definition) is 3. The average molecular weight is 229 g/mol. The number of nitrogens with zero attached hydrogens (tertiary/aromatic N) is 1. The number of carbonyl (C=O) groups is 1. The summed E-state index contributed by atoms with van der Waals surface area (Å²) < 4.78 is 0. The molecule has 1 aliphatic heterocycles. The maximum Gasteiger partial charge on any atom is 0.146 e. The minimum Gasteiger partial charge on any atom is -0.391 e. The number of oxime groups is 1. The molecule has 1 heterocycles. The van der Waals surface area contributed by atoms with Crippen molar-refractivity contribution in [2.75, 3.05) is 0 Å². The molecule has 1 aliphatic carbocycles. The standard InChI is InChI=1S/C14H15NO2/c1-8-3-4-10(7-9(8)2)14-13-11(16)5-6-12(13)17-15-14/h3-4,7,12-13H,5-6H2,1-2H3. The van der Waals surface area contributed by atoms with Crippen LogP contribution in [0.4, 0.5) is 0 Å². The molecule has 17 heavy (non-hydrogen) atoms. The fourth-order valence-corrected chi connectivity index (χ4v) is 2.57. The van der Waals surface area contributed by atoms with E-state index in [1.807, 2.05) is 6.07 Å². The minimum atomic E-state index is -0.128. The summed E-state index contributed by atoms with van der Waals surface area (Å²) >= 11 is 0. The van der Waals surface area contributed by atoms with E-state index in [9.17, 15) is 4.79 Å². The van der Waals surface area contributed by atoms with E-state index in [0.29, 0.717) is 6.42 Å². The van der Waals surface area contributed by atoms with Crippen LogP contribution in [0.15, 0.2) is 23.4 Å². The van der Waals surface area contributed by atoms with Gasteiger partial charge in [-0.3, -0.25) is 4.79 Å². The maximum atomic E-state index is 11.8. The van der Waals surface area contributed by atoms with Crippen LogP contribution in [-0.2, 0) is 9.63 Å². The lowest BCUT2D eigenvalue weighted by atomic mass is 9.92. The first kappa shape index (κ1) is 10.5. The molecule has 0 spiro atoms. The molecule has 3 nitrogen and oxygen atoms in total. The number of aryl methyl sites for hydroxylation is 2. The van der Waals surface area contributed by atoms with Gasteiger partial charge < -0.3 is 4.84 Å². The van der Waals surface area contributed by atoms with Crippen molar-refractivity contribution in [1.29, 1.82) is 0 Å². The summed E-state index contributed by atoms with van der Waals surface area (Å²) in [6.45, 7) is 4.15. The van der Waals surface area contributed by atoms with Crippen LogP contribution in [0.2, 0.25) is 0 Å². The minimum absolute atomic E-state index is 0.0147. The summed E-state index contributed by atoms with van der Waals surface area (Å²) in [5.74, 6) is 0.140. The second-order valence-corrected chi connectivity index (χ2v) is 4.90. The second kappa shape index (κ2) is 3.69. The smallest absolute Gasteiger partial charge is 0.146 e. The van der Waals surface area contributed by atoms with Gasteiger partial charge >= 0.3 is 0 Å². The molecule has 1 fully saturated rings. The first-order valence-electron chi connectivity index (χ1n) is 6.01. The van der Waals surface area contributed by atoms with E-state index in [-0.39, 0.29) is 17.8 Å². The summed E-state index contributed by atoms with van der Waals surface area (Å²) in [6.07, 6.45) is 1.42. The van der Waals surface area contributed by atoms with Gasteiger partial charge in [-0.15, -0.1) is 0 Å². The topological polar surface area (TPSA) is 38.7 Å². The normalized spacial score (nSPS) is 26.7. The molecular formula is C14H15NO2. The fraction of sp³-hybridized carbons (Fsp3) is 0.429. The van der Waals surface area contributed by atoms with Crippen molar-refractivity contribution in [3.05, 3.63) is 34.9 Å². The van der Waals surface area contributed by atoms with Crippen molar-refractivity contribution in [3.63, 3.8) is 0 Å². The van der Waals surface area contributed by atoms with Gasteiger partial charge in [0.1, 0.15) is 23.5 Å². The van der Waals surface area contributed by atoms with Gasteiger partial charge in [-0.1, -0.05) is 17.3 Å². The lowest BCUT2D eigenvalue weighted by Crippen LogP contribution is -2.24. The molecule has 0 N–H and O–H groups in total. The molecule has 2 unspecified atom stereocenters. The molecule has 0 saturated heterocycles. The van der Waals surface area contributed by atoms with E-state index in [4.69, 9.17) is 4.84 Å². The van der Waals surface area contributed by atoms with Gasteiger partial charge in [0.05, 0.1) is 0 Å². The monoisotopic (exact) mass is 229 g/mol. The first-order valence-corrected chi connectivity index (χ1v) is 6.01. The van der Waals surface area contributed by atoms with Gasteiger partial charge in [0.15, 0.2) is 0 Å². The Labute approximate surface area is 100 Å². The van der Waals surface area contributed by atoms with Crippen LogP contribution < -0.4 is 0 Å². The SMILES string of the molecule is Cc1ccc(C2=NOC3CCC(=O)C23)cc1C. The number of fused-ring (bicyclic) bond motifs is 1. The zero-order valence-corrected chi connectivity index (χ0v) is 10.1. The predicted octanol–water partition coefficient (Wildman–Crippen LogP) is 2.39. The molecule has 88 valence electrons. The van der Waals surface area contributed by atoms with Crippen LogP contribution in [0.1, 0.15) is 29.5 Å². The summed E-state index contributed by atoms with van der Waals surface area (Å²) in [5, 5.41) is 4.11. The Balaban J connectivity index is 1.99. The Kier molecular flexibility index (Phi) is 2.28.